The van der Waals surface area contributed by atoms with Crippen molar-refractivity contribution in [2.45, 2.75) is 32.0 Å². The lowest BCUT2D eigenvalue weighted by molar-refractivity contribution is -0.142. The molecule has 2 unspecified atom stereocenters. The van der Waals surface area contributed by atoms with Gasteiger partial charge in [0.05, 0.1) is 12.6 Å². The van der Waals surface area contributed by atoms with E-state index < -0.39 is 6.23 Å². The smallest absolute Gasteiger partial charge is 0.225 e. The fourth-order valence-electron chi connectivity index (χ4n) is 2.25. The molecule has 4 heteroatoms. The molecule has 0 saturated carbocycles. The second-order valence-electron chi connectivity index (χ2n) is 4.36. The van der Waals surface area contributed by atoms with Crippen LogP contribution in [-0.4, -0.2) is 36.0 Å². The van der Waals surface area contributed by atoms with Crippen molar-refractivity contribution in [2.75, 3.05) is 6.61 Å². The number of hydrogen-bond acceptors (Lipinski definition) is 3. The van der Waals surface area contributed by atoms with Crippen LogP contribution in [0.25, 0.3) is 0 Å². The summed E-state index contributed by atoms with van der Waals surface area (Å²) in [4.78, 5) is 24.4. The number of rotatable bonds is 4. The monoisotopic (exact) mass is 247 g/mol. The number of amides is 1. The van der Waals surface area contributed by atoms with Crippen LogP contribution >= 0.6 is 0 Å². The van der Waals surface area contributed by atoms with E-state index >= 15 is 0 Å². The summed E-state index contributed by atoms with van der Waals surface area (Å²) >= 11 is 0. The number of carbonyl (C=O) groups is 2. The van der Waals surface area contributed by atoms with Crippen molar-refractivity contribution >= 4 is 12.2 Å². The number of hydrogen-bond donors (Lipinski definition) is 0. The first-order chi connectivity index (χ1) is 8.76. The quantitative estimate of drug-likeness (QED) is 0.755. The van der Waals surface area contributed by atoms with Crippen LogP contribution in [-0.2, 0) is 20.7 Å². The fraction of sp³-hybridized carbons (Fsp3) is 0.429. The molecule has 0 radical (unpaired) electrons. The van der Waals surface area contributed by atoms with Gasteiger partial charge < -0.3 is 9.64 Å². The number of ether oxygens (including phenoxy) is 1. The Morgan fingerprint density at radius 1 is 1.44 bits per heavy atom. The highest BCUT2D eigenvalue weighted by atomic mass is 16.5. The van der Waals surface area contributed by atoms with Gasteiger partial charge in [0.1, 0.15) is 0 Å². The molecule has 18 heavy (non-hydrogen) atoms. The van der Waals surface area contributed by atoms with Gasteiger partial charge in [0.15, 0.2) is 12.5 Å². The third-order valence-electron chi connectivity index (χ3n) is 3.15. The van der Waals surface area contributed by atoms with Crippen molar-refractivity contribution < 1.29 is 14.3 Å². The number of nitrogens with zero attached hydrogens (tertiary/aromatic N) is 1. The van der Waals surface area contributed by atoms with Crippen LogP contribution in [0.3, 0.4) is 0 Å². The molecular weight excluding hydrogens is 230 g/mol. The van der Waals surface area contributed by atoms with E-state index in [2.05, 4.69) is 0 Å². The second kappa shape index (κ2) is 5.78. The van der Waals surface area contributed by atoms with Crippen LogP contribution in [0.4, 0.5) is 0 Å². The third kappa shape index (κ3) is 2.59. The molecule has 1 amide bonds. The van der Waals surface area contributed by atoms with Crippen LogP contribution in [0.1, 0.15) is 18.9 Å². The molecule has 1 saturated heterocycles. The zero-order valence-electron chi connectivity index (χ0n) is 10.4. The number of carbonyl (C=O) groups excluding carboxylic acids is 2. The summed E-state index contributed by atoms with van der Waals surface area (Å²) in [5.41, 5.74) is 1.14. The van der Waals surface area contributed by atoms with E-state index in [1.54, 1.807) is 11.8 Å². The van der Waals surface area contributed by atoms with Crippen LogP contribution < -0.4 is 0 Å². The van der Waals surface area contributed by atoms with Crippen molar-refractivity contribution in [3.05, 3.63) is 35.9 Å². The molecule has 0 aliphatic carbocycles. The Labute approximate surface area is 107 Å². The molecule has 2 atom stereocenters. The lowest BCUT2D eigenvalue weighted by Gasteiger charge is -2.25. The van der Waals surface area contributed by atoms with E-state index in [0.717, 1.165) is 12.0 Å². The Hall–Kier alpha value is -1.68. The highest BCUT2D eigenvalue weighted by Gasteiger charge is 2.36. The average Bonchev–Trinajstić information content (AvgIpc) is 2.82. The maximum atomic E-state index is 11.9. The van der Waals surface area contributed by atoms with E-state index in [0.29, 0.717) is 19.3 Å². The lowest BCUT2D eigenvalue weighted by Crippen LogP contribution is -2.43. The molecule has 4 nitrogen and oxygen atoms in total. The van der Waals surface area contributed by atoms with Crippen LogP contribution in [0.2, 0.25) is 0 Å². The van der Waals surface area contributed by atoms with Crippen LogP contribution in [0.15, 0.2) is 30.3 Å². The zero-order chi connectivity index (χ0) is 13.0. The fourth-order valence-corrected chi connectivity index (χ4v) is 2.25. The standard InChI is InChI=1S/C14H17NO3/c1-2-13(17)15-12(10-18-14(15)9-16)8-11-6-4-3-5-7-11/h3-7,9,12,14H,2,8,10H2,1H3. The molecule has 1 fully saturated rings. The van der Waals surface area contributed by atoms with Gasteiger partial charge >= 0.3 is 0 Å². The first-order valence-electron chi connectivity index (χ1n) is 6.18. The van der Waals surface area contributed by atoms with E-state index in [4.69, 9.17) is 4.74 Å². The van der Waals surface area contributed by atoms with Crippen LogP contribution in [0, 0.1) is 0 Å². The second-order valence-corrected chi connectivity index (χ2v) is 4.36. The highest BCUT2D eigenvalue weighted by Crippen LogP contribution is 2.20. The molecule has 0 spiro atoms. The van der Waals surface area contributed by atoms with Gasteiger partial charge in [-0.05, 0) is 12.0 Å². The molecule has 1 aliphatic rings. The summed E-state index contributed by atoms with van der Waals surface area (Å²) in [7, 11) is 0. The summed E-state index contributed by atoms with van der Waals surface area (Å²) in [6.45, 7) is 2.21. The highest BCUT2D eigenvalue weighted by molar-refractivity contribution is 5.79. The molecule has 1 aliphatic heterocycles. The van der Waals surface area contributed by atoms with Gasteiger partial charge in [-0.25, -0.2) is 0 Å². The minimum atomic E-state index is -0.717. The lowest BCUT2D eigenvalue weighted by atomic mass is 10.1. The predicted molar refractivity (Wildman–Crippen MR) is 66.9 cm³/mol. The van der Waals surface area contributed by atoms with Crippen molar-refractivity contribution in [2.24, 2.45) is 0 Å². The normalized spacial score (nSPS) is 23.1. The summed E-state index contributed by atoms with van der Waals surface area (Å²) in [5, 5.41) is 0. The maximum absolute atomic E-state index is 11.9. The summed E-state index contributed by atoms with van der Waals surface area (Å²) in [6.07, 6.45) is 1.08. The molecule has 1 aromatic rings. The van der Waals surface area contributed by atoms with Gasteiger partial charge in [0, 0.05) is 6.42 Å². The first-order valence-corrected chi connectivity index (χ1v) is 6.18. The average molecular weight is 247 g/mol. The minimum Gasteiger partial charge on any atom is -0.349 e. The van der Waals surface area contributed by atoms with Crippen molar-refractivity contribution in [1.82, 2.24) is 4.90 Å². The Kier molecular flexibility index (Phi) is 4.10. The van der Waals surface area contributed by atoms with Crippen LogP contribution in [0.5, 0.6) is 0 Å². The van der Waals surface area contributed by atoms with E-state index in [9.17, 15) is 9.59 Å². The summed E-state index contributed by atoms with van der Waals surface area (Å²) in [6, 6.07) is 9.88. The van der Waals surface area contributed by atoms with Gasteiger partial charge in [-0.3, -0.25) is 9.59 Å². The Morgan fingerprint density at radius 2 is 2.17 bits per heavy atom. The van der Waals surface area contributed by atoms with Gasteiger partial charge in [0.25, 0.3) is 0 Å². The van der Waals surface area contributed by atoms with Gasteiger partial charge in [-0.1, -0.05) is 37.3 Å². The number of aldehydes is 1. The Bertz CT molecular complexity index is 418. The largest absolute Gasteiger partial charge is 0.349 e. The van der Waals surface area contributed by atoms with Crippen molar-refractivity contribution in [3.8, 4) is 0 Å². The maximum Gasteiger partial charge on any atom is 0.225 e. The molecule has 1 aromatic carbocycles. The minimum absolute atomic E-state index is 0.0365. The molecule has 96 valence electrons. The molecule has 1 heterocycles. The van der Waals surface area contributed by atoms with Gasteiger partial charge in [0.2, 0.25) is 5.91 Å². The van der Waals surface area contributed by atoms with Crippen molar-refractivity contribution in [1.29, 1.82) is 0 Å². The van der Waals surface area contributed by atoms with Gasteiger partial charge in [-0.2, -0.15) is 0 Å². The molecule has 0 N–H and O–H groups in total. The molecular formula is C14H17NO3. The van der Waals surface area contributed by atoms with E-state index in [-0.39, 0.29) is 11.9 Å². The van der Waals surface area contributed by atoms with Gasteiger partial charge in [-0.15, -0.1) is 0 Å². The van der Waals surface area contributed by atoms with E-state index in [1.165, 1.54) is 0 Å². The summed E-state index contributed by atoms with van der Waals surface area (Å²) < 4.78 is 5.36. The molecule has 0 bridgehead atoms. The predicted octanol–water partition coefficient (Wildman–Crippen LogP) is 1.39. The SMILES string of the molecule is CCC(=O)N1C(Cc2ccccc2)COC1C=O. The first kappa shape index (κ1) is 12.8. The van der Waals surface area contributed by atoms with Crippen molar-refractivity contribution in [3.63, 3.8) is 0 Å². The Balaban J connectivity index is 2.12. The molecule has 2 rings (SSSR count). The topological polar surface area (TPSA) is 46.6 Å². The molecule has 0 aromatic heterocycles. The summed E-state index contributed by atoms with van der Waals surface area (Å²) in [5.74, 6) is -0.0365. The third-order valence-corrected chi connectivity index (χ3v) is 3.15. The zero-order valence-corrected chi connectivity index (χ0v) is 10.4. The Morgan fingerprint density at radius 3 is 2.78 bits per heavy atom. The van der Waals surface area contributed by atoms with E-state index in [1.807, 2.05) is 30.3 Å². The number of benzene rings is 1.